The smallest absolute Gasteiger partial charge is 0.317 e. The molecule has 0 saturated carbocycles. The quantitative estimate of drug-likeness (QED) is 0.813. The molecule has 2 N–H and O–H groups in total. The molecule has 0 saturated heterocycles. The number of aliphatic carboxylic acids is 1. The van der Waals surface area contributed by atoms with E-state index in [1.807, 2.05) is 24.3 Å². The molecule has 0 bridgehead atoms. The van der Waals surface area contributed by atoms with E-state index in [0.717, 1.165) is 23.4 Å². The normalized spacial score (nSPS) is 10.7. The molecule has 0 atom stereocenters. The van der Waals surface area contributed by atoms with Gasteiger partial charge >= 0.3 is 12.0 Å². The van der Waals surface area contributed by atoms with Crippen LogP contribution in [0, 0.1) is 0 Å². The Labute approximate surface area is 134 Å². The number of benzene rings is 1. The van der Waals surface area contributed by atoms with Crippen LogP contribution in [0.1, 0.15) is 19.2 Å². The fourth-order valence-corrected chi connectivity index (χ4v) is 2.45. The number of aryl methyl sites for hydroxylation is 1. The van der Waals surface area contributed by atoms with E-state index in [-0.39, 0.29) is 19.0 Å². The molecule has 0 aliphatic rings. The molecule has 0 aliphatic carbocycles. The first-order valence-electron chi connectivity index (χ1n) is 7.67. The van der Waals surface area contributed by atoms with Gasteiger partial charge in [0.05, 0.1) is 17.5 Å². The Morgan fingerprint density at radius 3 is 2.78 bits per heavy atom. The van der Waals surface area contributed by atoms with Crippen LogP contribution in [0.2, 0.25) is 0 Å². The predicted octanol–water partition coefficient (Wildman–Crippen LogP) is 1.71. The number of hydrogen-bond donors (Lipinski definition) is 2. The number of nitrogens with zero attached hydrogens (tertiary/aromatic N) is 3. The fourth-order valence-electron chi connectivity index (χ4n) is 2.45. The molecular weight excluding hydrogens is 296 g/mol. The van der Waals surface area contributed by atoms with E-state index in [1.165, 1.54) is 4.90 Å². The summed E-state index contributed by atoms with van der Waals surface area (Å²) in [6.07, 6.45) is 0.566. The minimum Gasteiger partial charge on any atom is -0.481 e. The van der Waals surface area contributed by atoms with Crippen molar-refractivity contribution in [2.75, 3.05) is 20.1 Å². The molecule has 2 amide bonds. The van der Waals surface area contributed by atoms with Crippen molar-refractivity contribution >= 4 is 23.0 Å². The number of urea groups is 1. The minimum atomic E-state index is -0.915. The molecule has 0 aliphatic heterocycles. The zero-order valence-corrected chi connectivity index (χ0v) is 13.5. The van der Waals surface area contributed by atoms with Crippen molar-refractivity contribution in [3.63, 3.8) is 0 Å². The number of nitrogens with one attached hydrogen (secondary N) is 1. The van der Waals surface area contributed by atoms with Crippen LogP contribution in [0.5, 0.6) is 0 Å². The second-order valence-electron chi connectivity index (χ2n) is 5.31. The third-order valence-corrected chi connectivity index (χ3v) is 3.68. The van der Waals surface area contributed by atoms with Crippen molar-refractivity contribution in [2.45, 2.75) is 26.3 Å². The molecule has 23 heavy (non-hydrogen) atoms. The molecular formula is C16H22N4O3. The largest absolute Gasteiger partial charge is 0.481 e. The van der Waals surface area contributed by atoms with Crippen LogP contribution >= 0.6 is 0 Å². The standard InChI is InChI=1S/C16H22N4O3/c1-3-20-13-7-5-4-6-12(13)18-14(20)8-10-17-16(23)19(2)11-9-15(21)22/h4-7H,3,8-11H2,1-2H3,(H,17,23)(H,21,22). The van der Waals surface area contributed by atoms with Gasteiger partial charge in [0.2, 0.25) is 0 Å². The van der Waals surface area contributed by atoms with Gasteiger partial charge in [-0.1, -0.05) is 12.1 Å². The van der Waals surface area contributed by atoms with Gasteiger partial charge in [0.15, 0.2) is 0 Å². The lowest BCUT2D eigenvalue weighted by Crippen LogP contribution is -2.39. The van der Waals surface area contributed by atoms with Gasteiger partial charge in [-0.15, -0.1) is 0 Å². The lowest BCUT2D eigenvalue weighted by molar-refractivity contribution is -0.137. The molecule has 0 fully saturated rings. The van der Waals surface area contributed by atoms with Crippen molar-refractivity contribution in [3.8, 4) is 0 Å². The van der Waals surface area contributed by atoms with Gasteiger partial charge in [-0.25, -0.2) is 9.78 Å². The van der Waals surface area contributed by atoms with E-state index in [1.54, 1.807) is 7.05 Å². The highest BCUT2D eigenvalue weighted by Gasteiger charge is 2.12. The number of carboxylic acid groups (broad SMARTS) is 1. The van der Waals surface area contributed by atoms with Gasteiger partial charge in [-0.05, 0) is 19.1 Å². The number of hydrogen-bond acceptors (Lipinski definition) is 3. The summed E-state index contributed by atoms with van der Waals surface area (Å²) in [6.45, 7) is 3.53. The molecule has 1 aromatic heterocycles. The zero-order chi connectivity index (χ0) is 16.8. The van der Waals surface area contributed by atoms with Crippen molar-refractivity contribution < 1.29 is 14.7 Å². The summed E-state index contributed by atoms with van der Waals surface area (Å²) in [5.74, 6) is 0.0171. The second kappa shape index (κ2) is 7.62. The van der Waals surface area contributed by atoms with Gasteiger partial charge in [0, 0.05) is 33.1 Å². The number of carboxylic acids is 1. The molecule has 124 valence electrons. The molecule has 1 aromatic carbocycles. The minimum absolute atomic E-state index is 0.0600. The van der Waals surface area contributed by atoms with Crippen LogP contribution in [0.3, 0.4) is 0 Å². The lowest BCUT2D eigenvalue weighted by Gasteiger charge is -2.16. The zero-order valence-electron chi connectivity index (χ0n) is 13.5. The molecule has 2 rings (SSSR count). The Morgan fingerprint density at radius 1 is 1.35 bits per heavy atom. The Bertz CT molecular complexity index is 696. The fraction of sp³-hybridized carbons (Fsp3) is 0.438. The molecule has 1 heterocycles. The highest BCUT2D eigenvalue weighted by atomic mass is 16.4. The third kappa shape index (κ3) is 4.21. The average Bonchev–Trinajstić information content (AvgIpc) is 2.89. The lowest BCUT2D eigenvalue weighted by atomic mass is 10.3. The second-order valence-corrected chi connectivity index (χ2v) is 5.31. The SMILES string of the molecule is CCn1c(CCNC(=O)N(C)CCC(=O)O)nc2ccccc21. The van der Waals surface area contributed by atoms with Crippen LogP contribution in [0.25, 0.3) is 11.0 Å². The first kappa shape index (κ1) is 16.8. The number of rotatable bonds is 7. The van der Waals surface area contributed by atoms with Gasteiger partial charge in [0.25, 0.3) is 0 Å². The summed E-state index contributed by atoms with van der Waals surface area (Å²) < 4.78 is 2.13. The Hall–Kier alpha value is -2.57. The van der Waals surface area contributed by atoms with E-state index in [0.29, 0.717) is 13.0 Å². The summed E-state index contributed by atoms with van der Waals surface area (Å²) >= 11 is 0. The van der Waals surface area contributed by atoms with E-state index in [4.69, 9.17) is 5.11 Å². The van der Waals surface area contributed by atoms with Crippen LogP contribution in [-0.4, -0.2) is 51.7 Å². The van der Waals surface area contributed by atoms with Crippen molar-refractivity contribution in [1.82, 2.24) is 19.8 Å². The Balaban J connectivity index is 1.91. The van der Waals surface area contributed by atoms with Crippen molar-refractivity contribution in [1.29, 1.82) is 0 Å². The number of fused-ring (bicyclic) bond motifs is 1. The number of imidazole rings is 1. The highest BCUT2D eigenvalue weighted by molar-refractivity contribution is 5.76. The third-order valence-electron chi connectivity index (χ3n) is 3.68. The summed E-state index contributed by atoms with van der Waals surface area (Å²) in [5, 5.41) is 11.4. The van der Waals surface area contributed by atoms with E-state index in [9.17, 15) is 9.59 Å². The maximum Gasteiger partial charge on any atom is 0.317 e. The van der Waals surface area contributed by atoms with Gasteiger partial charge in [-0.2, -0.15) is 0 Å². The summed E-state index contributed by atoms with van der Waals surface area (Å²) in [5.41, 5.74) is 2.05. The topological polar surface area (TPSA) is 87.5 Å². The molecule has 7 heteroatoms. The molecule has 0 radical (unpaired) electrons. The monoisotopic (exact) mass is 318 g/mol. The average molecular weight is 318 g/mol. The molecule has 2 aromatic rings. The van der Waals surface area contributed by atoms with Crippen LogP contribution in [0.4, 0.5) is 4.79 Å². The maximum atomic E-state index is 11.9. The van der Waals surface area contributed by atoms with E-state index in [2.05, 4.69) is 21.8 Å². The van der Waals surface area contributed by atoms with Crippen LogP contribution in [-0.2, 0) is 17.8 Å². The van der Waals surface area contributed by atoms with E-state index < -0.39 is 5.97 Å². The molecule has 0 unspecified atom stereocenters. The first-order valence-corrected chi connectivity index (χ1v) is 7.67. The predicted molar refractivity (Wildman–Crippen MR) is 87.4 cm³/mol. The van der Waals surface area contributed by atoms with Crippen molar-refractivity contribution in [2.24, 2.45) is 0 Å². The number of para-hydroxylation sites is 2. The van der Waals surface area contributed by atoms with Gasteiger partial charge in [0.1, 0.15) is 5.82 Å². The van der Waals surface area contributed by atoms with Crippen LogP contribution < -0.4 is 5.32 Å². The van der Waals surface area contributed by atoms with Gasteiger partial charge < -0.3 is 19.9 Å². The number of aromatic nitrogens is 2. The Morgan fingerprint density at radius 2 is 2.09 bits per heavy atom. The molecule has 0 spiro atoms. The number of carbonyl (C=O) groups is 2. The van der Waals surface area contributed by atoms with E-state index >= 15 is 0 Å². The first-order chi connectivity index (χ1) is 11.0. The van der Waals surface area contributed by atoms with Crippen molar-refractivity contribution in [3.05, 3.63) is 30.1 Å². The molecule has 7 nitrogen and oxygen atoms in total. The number of carbonyl (C=O) groups excluding carboxylic acids is 1. The highest BCUT2D eigenvalue weighted by Crippen LogP contribution is 2.15. The van der Waals surface area contributed by atoms with Crippen LogP contribution in [0.15, 0.2) is 24.3 Å². The number of amides is 2. The van der Waals surface area contributed by atoms with Gasteiger partial charge in [-0.3, -0.25) is 4.79 Å². The maximum absolute atomic E-state index is 11.9. The summed E-state index contributed by atoms with van der Waals surface area (Å²) in [4.78, 5) is 28.4. The summed E-state index contributed by atoms with van der Waals surface area (Å²) in [7, 11) is 1.58. The summed E-state index contributed by atoms with van der Waals surface area (Å²) in [6, 6.07) is 7.68. The Kier molecular flexibility index (Phi) is 5.56.